The second-order valence-corrected chi connectivity index (χ2v) is 11.0. The van der Waals surface area contributed by atoms with E-state index in [2.05, 4.69) is 19.9 Å². The molecule has 40 heavy (non-hydrogen) atoms. The van der Waals surface area contributed by atoms with Crippen LogP contribution in [0.1, 0.15) is 18.9 Å². The third-order valence-electron chi connectivity index (χ3n) is 6.37. The molecule has 0 aliphatic carbocycles. The first kappa shape index (κ1) is 28.7. The van der Waals surface area contributed by atoms with Crippen molar-refractivity contribution in [3.05, 3.63) is 35.4 Å². The molecule has 0 amide bonds. The van der Waals surface area contributed by atoms with Gasteiger partial charge in [-0.3, -0.25) is 0 Å². The fourth-order valence-electron chi connectivity index (χ4n) is 4.47. The number of anilines is 2. The van der Waals surface area contributed by atoms with Crippen LogP contribution < -0.4 is 17.2 Å². The quantitative estimate of drug-likeness (QED) is 0.139. The molecule has 5 rings (SSSR count). The zero-order valence-electron chi connectivity index (χ0n) is 20.4. The molecule has 0 unspecified atom stereocenters. The Morgan fingerprint density at radius 2 is 1.90 bits per heavy atom. The van der Waals surface area contributed by atoms with Crippen molar-refractivity contribution in [1.82, 2.24) is 29.1 Å². The number of nitrogens with two attached hydrogens (primary N) is 2. The molecule has 2 aliphatic rings. The van der Waals surface area contributed by atoms with Crippen LogP contribution in [0.4, 0.5) is 11.6 Å². The van der Waals surface area contributed by atoms with Crippen LogP contribution in [0.2, 0.25) is 0 Å². The summed E-state index contributed by atoms with van der Waals surface area (Å²) in [6, 6.07) is 1.38. The molecule has 19 nitrogen and oxygen atoms in total. The van der Waals surface area contributed by atoms with Crippen molar-refractivity contribution in [2.45, 2.75) is 49.4 Å². The Morgan fingerprint density at radius 1 is 1.10 bits per heavy atom. The van der Waals surface area contributed by atoms with Crippen LogP contribution in [0, 0.1) is 0 Å². The Hall–Kier alpha value is -2.80. The van der Waals surface area contributed by atoms with E-state index in [-0.39, 0.29) is 35.8 Å². The molecule has 2 saturated heterocycles. The molecule has 2 fully saturated rings. The van der Waals surface area contributed by atoms with Crippen molar-refractivity contribution in [3.63, 3.8) is 0 Å². The number of aromatic nitrogens is 6. The average molecular weight is 604 g/mol. The Bertz CT molecular complexity index is 1430. The molecular weight excluding hydrogens is 578 g/mol. The molecule has 0 radical (unpaired) electrons. The van der Waals surface area contributed by atoms with Crippen LogP contribution in [0.3, 0.4) is 0 Å². The van der Waals surface area contributed by atoms with Crippen LogP contribution in [-0.2, 0) is 27.6 Å². The number of ether oxygens (including phenoxy) is 2. The third kappa shape index (κ3) is 5.81. The standard InChI is InChI=1S/C19H26N8O11P2/c20-11-1-2-26(19(30)25-11)12-3-8(9(36-12)4-34-39-31)38-40(32,33)35-5-10-14(28)15(29)18(37-10)27-7-24-13-16(21)22-6-23-17(13)27/h1-2,6-10,12,14-15,18,28-29,32-33,40H,3-5H2,(H2,20,25,30)(H2,21,22,23)/t8-,9+,10+,12+,14+,15+,18+/m0/s1. The van der Waals surface area contributed by atoms with Gasteiger partial charge in [-0.25, -0.2) is 0 Å². The van der Waals surface area contributed by atoms with Gasteiger partial charge in [0.1, 0.15) is 0 Å². The van der Waals surface area contributed by atoms with E-state index >= 15 is 0 Å². The molecule has 5 heterocycles. The SMILES string of the molecule is Nc1ccn([C@H]2C[C@H](O[PH](O)(O)OC[C@H]3O[C@@H](n4cnc5c(N)ncnc54)[C@H](O)[C@@H]3O)[C@@H](COP=O)O2)c(=O)n1. The van der Waals surface area contributed by atoms with Crippen LogP contribution >= 0.6 is 16.9 Å². The number of hydrogen-bond donors (Lipinski definition) is 6. The van der Waals surface area contributed by atoms with E-state index in [0.29, 0.717) is 0 Å². The Kier molecular flexibility index (Phi) is 8.32. The van der Waals surface area contributed by atoms with E-state index in [4.69, 9.17) is 34.5 Å². The van der Waals surface area contributed by atoms with Gasteiger partial charge in [0.2, 0.25) is 0 Å². The second-order valence-electron chi connectivity index (χ2n) is 8.92. The van der Waals surface area contributed by atoms with Crippen LogP contribution in [0.15, 0.2) is 29.7 Å². The van der Waals surface area contributed by atoms with Crippen molar-refractivity contribution in [1.29, 1.82) is 0 Å². The number of aliphatic hydroxyl groups excluding tert-OH is 2. The van der Waals surface area contributed by atoms with Gasteiger partial charge in [0.15, 0.2) is 0 Å². The summed E-state index contributed by atoms with van der Waals surface area (Å²) < 4.78 is 40.2. The number of imidazole rings is 1. The van der Waals surface area contributed by atoms with Crippen LogP contribution in [0.5, 0.6) is 0 Å². The molecule has 2 aliphatic heterocycles. The third-order valence-corrected chi connectivity index (χ3v) is 7.78. The van der Waals surface area contributed by atoms with Gasteiger partial charge in [0.05, 0.1) is 0 Å². The molecule has 7 atom stereocenters. The van der Waals surface area contributed by atoms with E-state index in [1.807, 2.05) is 0 Å². The molecule has 0 aromatic carbocycles. The van der Waals surface area contributed by atoms with Gasteiger partial charge >= 0.3 is 226 Å². The first-order chi connectivity index (χ1) is 19.1. The second kappa shape index (κ2) is 11.6. The van der Waals surface area contributed by atoms with Gasteiger partial charge in [0, 0.05) is 0 Å². The van der Waals surface area contributed by atoms with E-state index < -0.39 is 72.1 Å². The predicted molar refractivity (Wildman–Crippen MR) is 134 cm³/mol. The van der Waals surface area contributed by atoms with Crippen molar-refractivity contribution in [2.75, 3.05) is 24.7 Å². The molecule has 3 aromatic heterocycles. The summed E-state index contributed by atoms with van der Waals surface area (Å²) in [7, 11) is -5.58. The number of aliphatic hydroxyl groups is 2. The first-order valence-electron chi connectivity index (χ1n) is 11.7. The molecule has 0 spiro atoms. The van der Waals surface area contributed by atoms with E-state index in [1.54, 1.807) is 0 Å². The van der Waals surface area contributed by atoms with Crippen LogP contribution in [-0.4, -0.2) is 92.8 Å². The molecule has 3 aromatic rings. The van der Waals surface area contributed by atoms with Gasteiger partial charge < -0.3 is 0 Å². The van der Waals surface area contributed by atoms with Crippen molar-refractivity contribution in [3.8, 4) is 0 Å². The van der Waals surface area contributed by atoms with Crippen molar-refractivity contribution in [2.24, 2.45) is 0 Å². The predicted octanol–water partition coefficient (Wildman–Crippen LogP) is -1.83. The zero-order valence-corrected chi connectivity index (χ0v) is 22.3. The van der Waals surface area contributed by atoms with Gasteiger partial charge in [-0.2, -0.15) is 0 Å². The van der Waals surface area contributed by atoms with Gasteiger partial charge in [-0.15, -0.1) is 0 Å². The maximum absolute atomic E-state index is 12.2. The summed E-state index contributed by atoms with van der Waals surface area (Å²) >= 11 is 0. The van der Waals surface area contributed by atoms with E-state index in [0.717, 1.165) is 4.57 Å². The van der Waals surface area contributed by atoms with Crippen LogP contribution in [0.25, 0.3) is 11.2 Å². The number of nitrogen functional groups attached to an aromatic ring is 2. The topological polar surface area (TPSA) is 275 Å². The van der Waals surface area contributed by atoms with Gasteiger partial charge in [-0.1, -0.05) is 0 Å². The summed E-state index contributed by atoms with van der Waals surface area (Å²) in [6.45, 7) is -0.866. The monoisotopic (exact) mass is 604 g/mol. The molecule has 0 saturated carbocycles. The fourth-order valence-corrected chi connectivity index (χ4v) is 5.77. The molecule has 0 bridgehead atoms. The number of nitrogens with zero attached hydrogens (tertiary/aromatic N) is 6. The maximum atomic E-state index is 12.2. The number of fused-ring (bicyclic) bond motifs is 1. The Labute approximate surface area is 226 Å². The summed E-state index contributed by atoms with van der Waals surface area (Å²) in [4.78, 5) is 49.0. The fraction of sp³-hybridized carbons (Fsp3) is 0.526. The summed E-state index contributed by atoms with van der Waals surface area (Å²) in [5.41, 5.74) is 11.1. The number of rotatable bonds is 10. The molecular formula is C19H26N8O11P2. The summed E-state index contributed by atoms with van der Waals surface area (Å²) in [5.74, 6) is 0.115. The zero-order chi connectivity index (χ0) is 28.6. The normalized spacial score (nSPS) is 29.4. The van der Waals surface area contributed by atoms with Crippen molar-refractivity contribution >= 4 is 39.7 Å². The van der Waals surface area contributed by atoms with Crippen molar-refractivity contribution < 1.29 is 47.6 Å². The summed E-state index contributed by atoms with van der Waals surface area (Å²) in [6.07, 6.45) is -4.50. The summed E-state index contributed by atoms with van der Waals surface area (Å²) in [5, 5.41) is 21.1. The van der Waals surface area contributed by atoms with Gasteiger partial charge in [0.25, 0.3) is 0 Å². The first-order valence-corrected chi connectivity index (χ1v) is 14.2. The molecule has 218 valence electrons. The number of hydrogen-bond acceptors (Lipinski definition) is 17. The molecule has 21 heteroatoms. The Morgan fingerprint density at radius 3 is 2.65 bits per heavy atom. The van der Waals surface area contributed by atoms with E-state index in [9.17, 15) is 29.4 Å². The Balaban J connectivity index is 1.24. The minimum absolute atomic E-state index is 0.00456. The molecule has 8 N–H and O–H groups in total. The van der Waals surface area contributed by atoms with Gasteiger partial charge in [-0.05, 0) is 0 Å². The van der Waals surface area contributed by atoms with E-state index in [1.165, 1.54) is 29.5 Å². The average Bonchev–Trinajstić information content (AvgIpc) is 3.58. The minimum atomic E-state index is -4.93.